The number of nitrogens with two attached hydrogens (primary N) is 1. The largest absolute Gasteiger partial charge is 0.324 e. The lowest BCUT2D eigenvalue weighted by Gasteiger charge is -2.02. The molecule has 3 heteroatoms. The molecule has 0 aliphatic heterocycles. The lowest BCUT2D eigenvalue weighted by molar-refractivity contribution is 0.615. The second-order valence-corrected chi connectivity index (χ2v) is 2.23. The van der Waals surface area contributed by atoms with Crippen molar-refractivity contribution in [2.45, 2.75) is 13.0 Å². The van der Waals surface area contributed by atoms with Crippen molar-refractivity contribution >= 4 is 0 Å². The lowest BCUT2D eigenvalue weighted by atomic mass is 10.2. The average Bonchev–Trinajstić information content (AvgIpc) is 1.88. The standard InChI is InChI=1S/C7H9FN2/c1-5(9)6-2-7(8)4-10-3-6/h2-5H,9H2,1H3/t5-/m1/s1. The van der Waals surface area contributed by atoms with Gasteiger partial charge < -0.3 is 5.73 Å². The molecule has 1 atom stereocenters. The summed E-state index contributed by atoms with van der Waals surface area (Å²) in [5, 5.41) is 0. The summed E-state index contributed by atoms with van der Waals surface area (Å²) in [7, 11) is 0. The molecule has 1 aromatic heterocycles. The molecule has 10 heavy (non-hydrogen) atoms. The van der Waals surface area contributed by atoms with Crippen LogP contribution in [0.25, 0.3) is 0 Å². The first kappa shape index (κ1) is 7.15. The predicted molar refractivity (Wildman–Crippen MR) is 36.8 cm³/mol. The summed E-state index contributed by atoms with van der Waals surface area (Å²) in [5.74, 6) is -0.338. The second-order valence-electron chi connectivity index (χ2n) is 2.23. The van der Waals surface area contributed by atoms with Crippen LogP contribution in [0.5, 0.6) is 0 Å². The molecule has 0 spiro atoms. The Kier molecular flexibility index (Phi) is 1.97. The monoisotopic (exact) mass is 140 g/mol. The fourth-order valence-electron chi connectivity index (χ4n) is 0.677. The highest BCUT2D eigenvalue weighted by Gasteiger charge is 1.99. The van der Waals surface area contributed by atoms with Crippen LogP contribution in [0.3, 0.4) is 0 Å². The van der Waals surface area contributed by atoms with Crippen LogP contribution in [0.1, 0.15) is 18.5 Å². The Balaban J connectivity index is 2.96. The molecule has 1 rings (SSSR count). The molecule has 0 amide bonds. The van der Waals surface area contributed by atoms with Crippen molar-refractivity contribution in [3.63, 3.8) is 0 Å². The van der Waals surface area contributed by atoms with Crippen LogP contribution < -0.4 is 5.73 Å². The molecule has 1 heterocycles. The lowest BCUT2D eigenvalue weighted by Crippen LogP contribution is -2.05. The van der Waals surface area contributed by atoms with E-state index in [9.17, 15) is 4.39 Å². The minimum atomic E-state index is -0.338. The third-order valence-corrected chi connectivity index (χ3v) is 1.25. The van der Waals surface area contributed by atoms with Crippen LogP contribution in [0.2, 0.25) is 0 Å². The number of hydrogen-bond donors (Lipinski definition) is 1. The Morgan fingerprint density at radius 3 is 2.70 bits per heavy atom. The molecule has 2 nitrogen and oxygen atoms in total. The minimum Gasteiger partial charge on any atom is -0.324 e. The zero-order valence-electron chi connectivity index (χ0n) is 5.71. The van der Waals surface area contributed by atoms with E-state index in [4.69, 9.17) is 5.73 Å². The maximum Gasteiger partial charge on any atom is 0.141 e. The van der Waals surface area contributed by atoms with E-state index in [1.54, 1.807) is 13.1 Å². The topological polar surface area (TPSA) is 38.9 Å². The third-order valence-electron chi connectivity index (χ3n) is 1.25. The highest BCUT2D eigenvalue weighted by atomic mass is 19.1. The second kappa shape index (κ2) is 2.75. The number of aromatic nitrogens is 1. The number of rotatable bonds is 1. The normalized spacial score (nSPS) is 13.1. The smallest absolute Gasteiger partial charge is 0.141 e. The summed E-state index contributed by atoms with van der Waals surface area (Å²) in [6, 6.07) is 1.24. The highest BCUT2D eigenvalue weighted by Crippen LogP contribution is 2.07. The number of halogens is 1. The Bertz CT molecular complexity index is 223. The maximum absolute atomic E-state index is 12.4. The van der Waals surface area contributed by atoms with E-state index in [0.717, 1.165) is 11.8 Å². The minimum absolute atomic E-state index is 0.150. The molecule has 0 unspecified atom stereocenters. The van der Waals surface area contributed by atoms with Crippen molar-refractivity contribution in [2.24, 2.45) is 5.73 Å². The first-order valence-corrected chi connectivity index (χ1v) is 3.06. The summed E-state index contributed by atoms with van der Waals surface area (Å²) < 4.78 is 12.4. The molecule has 0 radical (unpaired) electrons. The van der Waals surface area contributed by atoms with Gasteiger partial charge in [-0.05, 0) is 18.6 Å². The van der Waals surface area contributed by atoms with Gasteiger partial charge in [-0.1, -0.05) is 0 Å². The SMILES string of the molecule is C[C@@H](N)c1cncc(F)c1. The van der Waals surface area contributed by atoms with E-state index in [1.165, 1.54) is 6.07 Å². The van der Waals surface area contributed by atoms with Gasteiger partial charge in [-0.2, -0.15) is 0 Å². The number of nitrogens with zero attached hydrogens (tertiary/aromatic N) is 1. The van der Waals surface area contributed by atoms with E-state index in [-0.39, 0.29) is 11.9 Å². The first-order chi connectivity index (χ1) is 4.70. The Morgan fingerprint density at radius 2 is 2.30 bits per heavy atom. The van der Waals surface area contributed by atoms with Crippen LogP contribution in [0, 0.1) is 5.82 Å². The average molecular weight is 140 g/mol. The zero-order chi connectivity index (χ0) is 7.56. The molecule has 1 aromatic rings. The molecule has 0 saturated carbocycles. The van der Waals surface area contributed by atoms with E-state index < -0.39 is 0 Å². The van der Waals surface area contributed by atoms with E-state index >= 15 is 0 Å². The first-order valence-electron chi connectivity index (χ1n) is 3.06. The predicted octanol–water partition coefficient (Wildman–Crippen LogP) is 1.24. The summed E-state index contributed by atoms with van der Waals surface area (Å²) in [6.07, 6.45) is 2.72. The molecule has 54 valence electrons. The van der Waals surface area contributed by atoms with Crippen molar-refractivity contribution < 1.29 is 4.39 Å². The summed E-state index contributed by atoms with van der Waals surface area (Å²) in [4.78, 5) is 3.65. The van der Waals surface area contributed by atoms with Crippen molar-refractivity contribution in [2.75, 3.05) is 0 Å². The van der Waals surface area contributed by atoms with Gasteiger partial charge in [-0.3, -0.25) is 4.98 Å². The Labute approximate surface area is 58.9 Å². The number of hydrogen-bond acceptors (Lipinski definition) is 2. The quantitative estimate of drug-likeness (QED) is 0.637. The molecule has 0 aliphatic rings. The van der Waals surface area contributed by atoms with E-state index in [1.807, 2.05) is 0 Å². The summed E-state index contributed by atoms with van der Waals surface area (Å²) in [5.41, 5.74) is 6.20. The molecule has 0 fully saturated rings. The van der Waals surface area contributed by atoms with Gasteiger partial charge in [0.1, 0.15) is 5.82 Å². The highest BCUT2D eigenvalue weighted by molar-refractivity contribution is 5.13. The van der Waals surface area contributed by atoms with Gasteiger partial charge in [0.15, 0.2) is 0 Å². The van der Waals surface area contributed by atoms with Crippen molar-refractivity contribution in [1.29, 1.82) is 0 Å². The van der Waals surface area contributed by atoms with Crippen LogP contribution in [-0.2, 0) is 0 Å². The molecular formula is C7H9FN2. The maximum atomic E-state index is 12.4. The van der Waals surface area contributed by atoms with Crippen molar-refractivity contribution in [3.05, 3.63) is 29.8 Å². The van der Waals surface area contributed by atoms with E-state index in [0.29, 0.717) is 0 Å². The molecular weight excluding hydrogens is 131 g/mol. The van der Waals surface area contributed by atoms with Crippen LogP contribution in [0.4, 0.5) is 4.39 Å². The van der Waals surface area contributed by atoms with Crippen LogP contribution in [-0.4, -0.2) is 4.98 Å². The Morgan fingerprint density at radius 1 is 1.60 bits per heavy atom. The number of pyridine rings is 1. The molecule has 0 bridgehead atoms. The fraction of sp³-hybridized carbons (Fsp3) is 0.286. The van der Waals surface area contributed by atoms with Gasteiger partial charge in [0.25, 0.3) is 0 Å². The fourth-order valence-corrected chi connectivity index (χ4v) is 0.677. The summed E-state index contributed by atoms with van der Waals surface area (Å²) in [6.45, 7) is 1.79. The van der Waals surface area contributed by atoms with Gasteiger partial charge in [0.2, 0.25) is 0 Å². The van der Waals surface area contributed by atoms with Gasteiger partial charge >= 0.3 is 0 Å². The van der Waals surface area contributed by atoms with E-state index in [2.05, 4.69) is 4.98 Å². The molecule has 0 aromatic carbocycles. The third kappa shape index (κ3) is 1.51. The van der Waals surface area contributed by atoms with Gasteiger partial charge in [-0.15, -0.1) is 0 Å². The zero-order valence-corrected chi connectivity index (χ0v) is 5.71. The van der Waals surface area contributed by atoms with Crippen LogP contribution in [0.15, 0.2) is 18.5 Å². The summed E-state index contributed by atoms with van der Waals surface area (Å²) >= 11 is 0. The molecule has 0 aliphatic carbocycles. The van der Waals surface area contributed by atoms with Gasteiger partial charge in [-0.25, -0.2) is 4.39 Å². The van der Waals surface area contributed by atoms with Gasteiger partial charge in [0, 0.05) is 12.2 Å². The van der Waals surface area contributed by atoms with Gasteiger partial charge in [0.05, 0.1) is 6.20 Å². The molecule has 0 saturated heterocycles. The van der Waals surface area contributed by atoms with Crippen LogP contribution >= 0.6 is 0 Å². The van der Waals surface area contributed by atoms with Crippen molar-refractivity contribution in [3.8, 4) is 0 Å². The Hall–Kier alpha value is -0.960. The van der Waals surface area contributed by atoms with Crippen molar-refractivity contribution in [1.82, 2.24) is 4.98 Å². The molecule has 2 N–H and O–H groups in total.